The van der Waals surface area contributed by atoms with Crippen LogP contribution in [0.15, 0.2) is 23.1 Å². The van der Waals surface area contributed by atoms with Gasteiger partial charge in [0.05, 0.1) is 0 Å². The minimum atomic E-state index is -3.50. The third-order valence-electron chi connectivity index (χ3n) is 5.16. The molecule has 0 saturated carbocycles. The zero-order chi connectivity index (χ0) is 17.6. The fourth-order valence-electron chi connectivity index (χ4n) is 3.89. The molecule has 5 nitrogen and oxygen atoms in total. The molecule has 0 aliphatic carbocycles. The Balaban J connectivity index is 1.64. The number of halogens is 1. The highest BCUT2D eigenvalue weighted by molar-refractivity contribution is 7.89. The van der Waals surface area contributed by atoms with E-state index in [0.717, 1.165) is 47.6 Å². The maximum Gasteiger partial charge on any atom is 0.244 e. The molecule has 1 aromatic heterocycles. The molecule has 2 aromatic rings. The van der Waals surface area contributed by atoms with Gasteiger partial charge in [0, 0.05) is 65.3 Å². The highest BCUT2D eigenvalue weighted by Crippen LogP contribution is 2.38. The van der Waals surface area contributed by atoms with E-state index >= 15 is 0 Å². The smallest absolute Gasteiger partial charge is 0.244 e. The lowest BCUT2D eigenvalue weighted by atomic mass is 10.2. The van der Waals surface area contributed by atoms with Crippen molar-refractivity contribution in [2.24, 2.45) is 0 Å². The monoisotopic (exact) mass is 399 g/mol. The SMILES string of the molecule is Cc1sc2ccc(Cl)cc2c1S(=O)(=O)N1CCC(N2CCNCC2)C1. The molecule has 1 aromatic carbocycles. The summed E-state index contributed by atoms with van der Waals surface area (Å²) < 4.78 is 29.3. The van der Waals surface area contributed by atoms with Gasteiger partial charge < -0.3 is 5.32 Å². The molecule has 2 aliphatic heterocycles. The molecule has 1 atom stereocenters. The molecule has 0 amide bonds. The van der Waals surface area contributed by atoms with Crippen molar-refractivity contribution < 1.29 is 8.42 Å². The average molecular weight is 400 g/mol. The Kier molecular flexibility index (Phi) is 4.81. The largest absolute Gasteiger partial charge is 0.314 e. The van der Waals surface area contributed by atoms with Gasteiger partial charge in [-0.3, -0.25) is 4.90 Å². The van der Waals surface area contributed by atoms with Crippen LogP contribution in [0.1, 0.15) is 11.3 Å². The molecule has 2 saturated heterocycles. The van der Waals surface area contributed by atoms with Crippen molar-refractivity contribution in [3.8, 4) is 0 Å². The summed E-state index contributed by atoms with van der Waals surface area (Å²) in [7, 11) is -3.50. The number of fused-ring (bicyclic) bond motifs is 1. The number of sulfonamides is 1. The lowest BCUT2D eigenvalue weighted by molar-refractivity contribution is 0.179. The Morgan fingerprint density at radius 3 is 2.76 bits per heavy atom. The molecule has 0 spiro atoms. The number of hydrogen-bond donors (Lipinski definition) is 1. The summed E-state index contributed by atoms with van der Waals surface area (Å²) in [5, 5.41) is 4.67. The molecule has 2 fully saturated rings. The van der Waals surface area contributed by atoms with E-state index in [4.69, 9.17) is 11.6 Å². The highest BCUT2D eigenvalue weighted by atomic mass is 35.5. The van der Waals surface area contributed by atoms with Crippen LogP contribution in [0, 0.1) is 6.92 Å². The Morgan fingerprint density at radius 2 is 2.00 bits per heavy atom. The van der Waals surface area contributed by atoms with Crippen LogP contribution in [-0.4, -0.2) is 62.9 Å². The van der Waals surface area contributed by atoms with Crippen molar-refractivity contribution in [1.82, 2.24) is 14.5 Å². The third kappa shape index (κ3) is 3.22. The summed E-state index contributed by atoms with van der Waals surface area (Å²) in [5.41, 5.74) is 0. The van der Waals surface area contributed by atoms with Crippen LogP contribution in [-0.2, 0) is 10.0 Å². The first-order valence-electron chi connectivity index (χ1n) is 8.60. The van der Waals surface area contributed by atoms with Gasteiger partial charge >= 0.3 is 0 Å². The molecule has 8 heteroatoms. The molecule has 0 bridgehead atoms. The van der Waals surface area contributed by atoms with Crippen LogP contribution in [0.3, 0.4) is 0 Å². The van der Waals surface area contributed by atoms with Crippen LogP contribution in [0.5, 0.6) is 0 Å². The topological polar surface area (TPSA) is 52.7 Å². The van der Waals surface area contributed by atoms with E-state index in [1.807, 2.05) is 19.1 Å². The first-order chi connectivity index (χ1) is 12.0. The molecular formula is C17H22ClN3O2S2. The standard InChI is InChI=1S/C17H22ClN3O2S2/c1-12-17(15-10-13(18)2-3-16(15)24-12)25(22,23)21-7-4-14(11-21)20-8-5-19-6-9-20/h2-3,10,14,19H,4-9,11H2,1H3. The lowest BCUT2D eigenvalue weighted by Gasteiger charge is -2.32. The van der Waals surface area contributed by atoms with Gasteiger partial charge in [-0.25, -0.2) is 8.42 Å². The summed E-state index contributed by atoms with van der Waals surface area (Å²) in [6.07, 6.45) is 0.904. The Bertz CT molecular complexity index is 891. The van der Waals surface area contributed by atoms with Crippen molar-refractivity contribution in [3.05, 3.63) is 28.1 Å². The molecule has 4 rings (SSSR count). The van der Waals surface area contributed by atoms with E-state index in [2.05, 4.69) is 10.2 Å². The van der Waals surface area contributed by atoms with Crippen LogP contribution >= 0.6 is 22.9 Å². The Morgan fingerprint density at radius 1 is 1.24 bits per heavy atom. The minimum absolute atomic E-state index is 0.325. The summed E-state index contributed by atoms with van der Waals surface area (Å²) in [6.45, 7) is 7.01. The van der Waals surface area contributed by atoms with Gasteiger partial charge in [-0.15, -0.1) is 11.3 Å². The highest BCUT2D eigenvalue weighted by Gasteiger charge is 2.37. The molecule has 136 valence electrons. The second-order valence-electron chi connectivity index (χ2n) is 6.72. The predicted octanol–water partition coefficient (Wildman–Crippen LogP) is 2.53. The summed E-state index contributed by atoms with van der Waals surface area (Å²) in [5.74, 6) is 0. The van der Waals surface area contributed by atoms with Gasteiger partial charge in [0.25, 0.3) is 0 Å². The minimum Gasteiger partial charge on any atom is -0.314 e. The van der Waals surface area contributed by atoms with Crippen LogP contribution in [0.25, 0.3) is 10.1 Å². The van der Waals surface area contributed by atoms with Gasteiger partial charge in [0.15, 0.2) is 0 Å². The van der Waals surface area contributed by atoms with E-state index in [1.165, 1.54) is 11.3 Å². The molecule has 2 aliphatic rings. The molecule has 0 radical (unpaired) electrons. The number of hydrogen-bond acceptors (Lipinski definition) is 5. The maximum absolute atomic E-state index is 13.3. The molecule has 1 unspecified atom stereocenters. The second-order valence-corrected chi connectivity index (χ2v) is 10.3. The van der Waals surface area contributed by atoms with Gasteiger partial charge in [-0.05, 0) is 31.5 Å². The normalized spacial score (nSPS) is 23.5. The van der Waals surface area contributed by atoms with E-state index in [9.17, 15) is 8.42 Å². The summed E-state index contributed by atoms with van der Waals surface area (Å²) >= 11 is 7.64. The van der Waals surface area contributed by atoms with E-state index in [1.54, 1.807) is 10.4 Å². The number of rotatable bonds is 3. The number of piperazine rings is 1. The maximum atomic E-state index is 13.3. The van der Waals surface area contributed by atoms with Crippen molar-refractivity contribution >= 4 is 43.0 Å². The second kappa shape index (κ2) is 6.79. The molecular weight excluding hydrogens is 378 g/mol. The van der Waals surface area contributed by atoms with Gasteiger partial charge in [-0.1, -0.05) is 11.6 Å². The first-order valence-corrected chi connectivity index (χ1v) is 11.2. The fourth-order valence-corrected chi connectivity index (χ4v) is 7.29. The van der Waals surface area contributed by atoms with Crippen LogP contribution in [0.4, 0.5) is 0 Å². The van der Waals surface area contributed by atoms with E-state index in [-0.39, 0.29) is 0 Å². The first kappa shape index (κ1) is 17.7. The number of aryl methyl sites for hydroxylation is 1. The zero-order valence-corrected chi connectivity index (χ0v) is 16.6. The third-order valence-corrected chi connectivity index (χ3v) is 8.67. The lowest BCUT2D eigenvalue weighted by Crippen LogP contribution is -2.49. The molecule has 3 heterocycles. The predicted molar refractivity (Wildman–Crippen MR) is 103 cm³/mol. The molecule has 25 heavy (non-hydrogen) atoms. The van der Waals surface area contributed by atoms with Crippen molar-refractivity contribution in [3.63, 3.8) is 0 Å². The van der Waals surface area contributed by atoms with Crippen molar-refractivity contribution in [2.45, 2.75) is 24.3 Å². The van der Waals surface area contributed by atoms with Gasteiger partial charge in [0.2, 0.25) is 10.0 Å². The zero-order valence-electron chi connectivity index (χ0n) is 14.2. The van der Waals surface area contributed by atoms with Gasteiger partial charge in [-0.2, -0.15) is 4.31 Å². The Labute approximate surface area is 157 Å². The molecule has 1 N–H and O–H groups in total. The van der Waals surface area contributed by atoms with Crippen molar-refractivity contribution in [1.29, 1.82) is 0 Å². The quantitative estimate of drug-likeness (QED) is 0.861. The number of benzene rings is 1. The Hall–Kier alpha value is -0.700. The van der Waals surface area contributed by atoms with Crippen LogP contribution in [0.2, 0.25) is 5.02 Å². The fraction of sp³-hybridized carbons (Fsp3) is 0.529. The number of nitrogens with zero attached hydrogens (tertiary/aromatic N) is 2. The number of thiophene rings is 1. The number of nitrogens with one attached hydrogen (secondary N) is 1. The van der Waals surface area contributed by atoms with E-state index < -0.39 is 10.0 Å². The van der Waals surface area contributed by atoms with Crippen LogP contribution < -0.4 is 5.32 Å². The van der Waals surface area contributed by atoms with E-state index in [0.29, 0.717) is 29.0 Å². The summed E-state index contributed by atoms with van der Waals surface area (Å²) in [6, 6.07) is 5.82. The summed E-state index contributed by atoms with van der Waals surface area (Å²) in [4.78, 5) is 3.69. The van der Waals surface area contributed by atoms with Crippen molar-refractivity contribution in [2.75, 3.05) is 39.3 Å². The van der Waals surface area contributed by atoms with Gasteiger partial charge in [0.1, 0.15) is 4.90 Å². The average Bonchev–Trinajstić information content (AvgIpc) is 3.20.